The maximum Gasteiger partial charge on any atom is 0.236 e. The topological polar surface area (TPSA) is 54.9 Å². The van der Waals surface area contributed by atoms with E-state index in [2.05, 4.69) is 53.6 Å². The van der Waals surface area contributed by atoms with Crippen LogP contribution in [0.5, 0.6) is 0 Å². The minimum absolute atomic E-state index is 0.0153. The molecule has 2 aromatic carbocycles. The number of benzene rings is 2. The summed E-state index contributed by atoms with van der Waals surface area (Å²) in [5, 5.41) is 12.7. The number of rotatable bonds is 5. The van der Waals surface area contributed by atoms with Gasteiger partial charge in [0, 0.05) is 5.56 Å². The van der Waals surface area contributed by atoms with Crippen LogP contribution in [0.1, 0.15) is 43.7 Å². The summed E-state index contributed by atoms with van der Waals surface area (Å²) in [6, 6.07) is 18.3. The van der Waals surface area contributed by atoms with Gasteiger partial charge in [-0.3, -0.25) is 10.1 Å². The van der Waals surface area contributed by atoms with Crippen molar-refractivity contribution in [2.45, 2.75) is 38.0 Å². The van der Waals surface area contributed by atoms with Crippen LogP contribution in [0.25, 0.3) is 10.6 Å². The van der Waals surface area contributed by atoms with E-state index in [0.717, 1.165) is 29.0 Å². The van der Waals surface area contributed by atoms with E-state index in [1.165, 1.54) is 16.9 Å². The number of hydrogen-bond acceptors (Lipinski definition) is 4. The Morgan fingerprint density at radius 1 is 1.04 bits per heavy atom. The zero-order valence-corrected chi connectivity index (χ0v) is 15.7. The van der Waals surface area contributed by atoms with Crippen LogP contribution in [0.3, 0.4) is 0 Å². The molecule has 132 valence electrons. The summed E-state index contributed by atoms with van der Waals surface area (Å²) >= 11 is 1.41. The molecule has 1 N–H and O–H groups in total. The van der Waals surface area contributed by atoms with Gasteiger partial charge < -0.3 is 0 Å². The predicted octanol–water partition coefficient (Wildman–Crippen LogP) is 5.00. The smallest absolute Gasteiger partial charge is 0.236 e. The van der Waals surface area contributed by atoms with Crippen molar-refractivity contribution in [2.24, 2.45) is 0 Å². The minimum Gasteiger partial charge on any atom is -0.300 e. The number of carbonyl (C=O) groups excluding carboxylic acids is 1. The first-order valence-electron chi connectivity index (χ1n) is 8.89. The van der Waals surface area contributed by atoms with Crippen LogP contribution in [0.15, 0.2) is 54.6 Å². The van der Waals surface area contributed by atoms with Gasteiger partial charge in [-0.25, -0.2) is 0 Å². The van der Waals surface area contributed by atoms with Crippen molar-refractivity contribution >= 4 is 22.4 Å². The summed E-state index contributed by atoms with van der Waals surface area (Å²) in [4.78, 5) is 12.8. The zero-order chi connectivity index (χ0) is 18.1. The van der Waals surface area contributed by atoms with Gasteiger partial charge in [0.2, 0.25) is 11.0 Å². The fraction of sp³-hybridized carbons (Fsp3) is 0.286. The first kappa shape index (κ1) is 16.9. The molecule has 1 aliphatic carbocycles. The third-order valence-electron chi connectivity index (χ3n) is 4.98. The molecule has 4 nitrogen and oxygen atoms in total. The summed E-state index contributed by atoms with van der Waals surface area (Å²) < 4.78 is 0. The molecule has 0 bridgehead atoms. The van der Waals surface area contributed by atoms with E-state index in [1.54, 1.807) is 0 Å². The minimum atomic E-state index is -0.397. The van der Waals surface area contributed by atoms with Crippen molar-refractivity contribution in [1.82, 2.24) is 10.2 Å². The van der Waals surface area contributed by atoms with E-state index < -0.39 is 5.41 Å². The maximum absolute atomic E-state index is 12.8. The summed E-state index contributed by atoms with van der Waals surface area (Å²) in [7, 11) is 0. The van der Waals surface area contributed by atoms with Crippen LogP contribution in [-0.2, 0) is 10.2 Å². The highest BCUT2D eigenvalue weighted by atomic mass is 32.1. The molecule has 3 aromatic rings. The monoisotopic (exact) mass is 363 g/mol. The second-order valence-corrected chi connectivity index (χ2v) is 8.07. The van der Waals surface area contributed by atoms with Crippen LogP contribution in [-0.4, -0.2) is 16.1 Å². The fourth-order valence-electron chi connectivity index (χ4n) is 3.15. The second kappa shape index (κ2) is 6.65. The van der Waals surface area contributed by atoms with Gasteiger partial charge in [-0.1, -0.05) is 79.8 Å². The van der Waals surface area contributed by atoms with Gasteiger partial charge in [-0.05, 0) is 29.9 Å². The molecule has 4 rings (SSSR count). The fourth-order valence-corrected chi connectivity index (χ4v) is 3.89. The number of amides is 1. The lowest BCUT2D eigenvalue weighted by atomic mass is 9.95. The Kier molecular flexibility index (Phi) is 4.32. The van der Waals surface area contributed by atoms with Gasteiger partial charge in [-0.15, -0.1) is 10.2 Å². The van der Waals surface area contributed by atoms with E-state index in [-0.39, 0.29) is 5.91 Å². The van der Waals surface area contributed by atoms with Crippen LogP contribution >= 0.6 is 11.3 Å². The highest BCUT2D eigenvalue weighted by Gasteiger charge is 2.51. The number of aromatic nitrogens is 2. The SMILES string of the molecule is CC(C)c1ccc(-c2nnc(NC(=O)C3(c4ccccc4)CC3)s2)cc1. The Morgan fingerprint density at radius 2 is 1.73 bits per heavy atom. The van der Waals surface area contributed by atoms with E-state index in [9.17, 15) is 4.79 Å². The molecule has 0 spiro atoms. The largest absolute Gasteiger partial charge is 0.300 e. The summed E-state index contributed by atoms with van der Waals surface area (Å²) in [6.07, 6.45) is 1.76. The third kappa shape index (κ3) is 3.15. The molecule has 0 atom stereocenters. The number of nitrogens with zero attached hydrogens (tertiary/aromatic N) is 2. The molecule has 5 heteroatoms. The van der Waals surface area contributed by atoms with Crippen molar-refractivity contribution in [2.75, 3.05) is 5.32 Å². The standard InChI is InChI=1S/C21H21N3OS/c1-14(2)15-8-10-16(11-9-15)18-23-24-20(26-18)22-19(25)21(12-13-21)17-6-4-3-5-7-17/h3-11,14H,12-13H2,1-2H3,(H,22,24,25). The number of carbonyl (C=O) groups is 1. The Morgan fingerprint density at radius 3 is 2.35 bits per heavy atom. The molecular weight excluding hydrogens is 342 g/mol. The molecule has 1 heterocycles. The Labute approximate surface area is 157 Å². The third-order valence-corrected chi connectivity index (χ3v) is 5.87. The molecule has 1 aliphatic rings. The Hall–Kier alpha value is -2.53. The van der Waals surface area contributed by atoms with Crippen LogP contribution in [0, 0.1) is 0 Å². The number of hydrogen-bond donors (Lipinski definition) is 1. The van der Waals surface area contributed by atoms with Crippen molar-refractivity contribution in [3.05, 3.63) is 65.7 Å². The summed E-state index contributed by atoms with van der Waals surface area (Å²) in [5.41, 5.74) is 3.00. The number of anilines is 1. The lowest BCUT2D eigenvalue weighted by Gasteiger charge is -2.13. The molecule has 0 aliphatic heterocycles. The highest BCUT2D eigenvalue weighted by molar-refractivity contribution is 7.18. The molecule has 26 heavy (non-hydrogen) atoms. The molecule has 1 fully saturated rings. The molecule has 0 radical (unpaired) electrons. The van der Waals surface area contributed by atoms with Crippen molar-refractivity contribution < 1.29 is 4.79 Å². The first-order valence-corrected chi connectivity index (χ1v) is 9.71. The molecule has 0 saturated heterocycles. The Bertz CT molecular complexity index is 912. The molecule has 1 amide bonds. The van der Waals surface area contributed by atoms with Gasteiger partial charge in [0.05, 0.1) is 5.41 Å². The molecule has 1 saturated carbocycles. The average Bonchev–Trinajstić information content (AvgIpc) is 3.36. The molecule has 0 unspecified atom stereocenters. The van der Waals surface area contributed by atoms with Gasteiger partial charge in [-0.2, -0.15) is 0 Å². The zero-order valence-electron chi connectivity index (χ0n) is 14.9. The van der Waals surface area contributed by atoms with Crippen molar-refractivity contribution in [3.8, 4) is 10.6 Å². The van der Waals surface area contributed by atoms with Crippen molar-refractivity contribution in [3.63, 3.8) is 0 Å². The predicted molar refractivity (Wildman–Crippen MR) is 105 cm³/mol. The van der Waals surface area contributed by atoms with Crippen LogP contribution < -0.4 is 5.32 Å². The van der Waals surface area contributed by atoms with Gasteiger partial charge in [0.1, 0.15) is 5.01 Å². The first-order chi connectivity index (χ1) is 12.6. The molecule has 1 aromatic heterocycles. The van der Waals surface area contributed by atoms with Crippen LogP contribution in [0.4, 0.5) is 5.13 Å². The van der Waals surface area contributed by atoms with E-state index in [4.69, 9.17) is 0 Å². The van der Waals surface area contributed by atoms with Gasteiger partial charge in [0.25, 0.3) is 0 Å². The van der Waals surface area contributed by atoms with E-state index in [0.29, 0.717) is 11.0 Å². The summed E-state index contributed by atoms with van der Waals surface area (Å²) in [5.74, 6) is 0.516. The average molecular weight is 363 g/mol. The Balaban J connectivity index is 1.49. The second-order valence-electron chi connectivity index (χ2n) is 7.09. The van der Waals surface area contributed by atoms with Crippen molar-refractivity contribution in [1.29, 1.82) is 0 Å². The summed E-state index contributed by atoms with van der Waals surface area (Å²) in [6.45, 7) is 4.35. The molecular formula is C21H21N3OS. The highest BCUT2D eigenvalue weighted by Crippen LogP contribution is 2.49. The lowest BCUT2D eigenvalue weighted by Crippen LogP contribution is -2.27. The normalized spacial score (nSPS) is 15.0. The van der Waals surface area contributed by atoms with E-state index in [1.807, 2.05) is 30.3 Å². The van der Waals surface area contributed by atoms with Crippen LogP contribution in [0.2, 0.25) is 0 Å². The quantitative estimate of drug-likeness (QED) is 0.694. The van der Waals surface area contributed by atoms with E-state index >= 15 is 0 Å². The maximum atomic E-state index is 12.8. The lowest BCUT2D eigenvalue weighted by molar-refractivity contribution is -0.118. The van der Waals surface area contributed by atoms with Gasteiger partial charge in [0.15, 0.2) is 0 Å². The van der Waals surface area contributed by atoms with Gasteiger partial charge >= 0.3 is 0 Å². The number of nitrogens with one attached hydrogen (secondary N) is 1.